The Bertz CT molecular complexity index is 491. The highest BCUT2D eigenvalue weighted by molar-refractivity contribution is 5.62. The van der Waals surface area contributed by atoms with E-state index in [-0.39, 0.29) is 0 Å². The van der Waals surface area contributed by atoms with Crippen LogP contribution < -0.4 is 5.32 Å². The normalized spacial score (nSPS) is 13.2. The van der Waals surface area contributed by atoms with E-state index in [4.69, 9.17) is 5.11 Å². The Kier molecular flexibility index (Phi) is 4.24. The van der Waals surface area contributed by atoms with Gasteiger partial charge in [0.2, 0.25) is 0 Å². The number of halogens is 5. The molecule has 0 radical (unpaired) electrons. The van der Waals surface area contributed by atoms with Crippen LogP contribution in [-0.2, 0) is 0 Å². The minimum atomic E-state index is -4.98. The minimum Gasteiger partial charge on any atom is -0.382 e. The second-order valence-corrected chi connectivity index (χ2v) is 3.45. The molecule has 19 heavy (non-hydrogen) atoms. The van der Waals surface area contributed by atoms with Crippen LogP contribution in [0.1, 0.15) is 0 Å². The topological polar surface area (TPSA) is 75.4 Å². The van der Waals surface area contributed by atoms with Crippen molar-refractivity contribution in [2.24, 2.45) is 0 Å². The molecule has 0 amide bonds. The zero-order valence-electron chi connectivity index (χ0n) is 9.04. The van der Waals surface area contributed by atoms with Gasteiger partial charge in [-0.15, -0.1) is 0 Å². The van der Waals surface area contributed by atoms with Crippen molar-refractivity contribution in [2.75, 3.05) is 11.9 Å². The molecule has 0 aliphatic rings. The number of anilines is 1. The van der Waals surface area contributed by atoms with E-state index in [1.165, 1.54) is 0 Å². The summed E-state index contributed by atoms with van der Waals surface area (Å²) in [5, 5.41) is 20.9. The monoisotopic (exact) mass is 286 g/mol. The van der Waals surface area contributed by atoms with E-state index >= 15 is 0 Å². The molecule has 1 aromatic carbocycles. The van der Waals surface area contributed by atoms with Crippen molar-refractivity contribution in [1.82, 2.24) is 0 Å². The van der Waals surface area contributed by atoms with Gasteiger partial charge < -0.3 is 10.4 Å². The molecule has 106 valence electrons. The van der Waals surface area contributed by atoms with Crippen molar-refractivity contribution >= 4 is 11.4 Å². The Morgan fingerprint density at radius 1 is 1.37 bits per heavy atom. The van der Waals surface area contributed by atoms with Crippen LogP contribution in [0.25, 0.3) is 0 Å². The Labute approximate surface area is 102 Å². The lowest BCUT2D eigenvalue weighted by Crippen LogP contribution is -2.35. The molecule has 0 bridgehead atoms. The summed E-state index contributed by atoms with van der Waals surface area (Å²) in [7, 11) is 0. The summed E-state index contributed by atoms with van der Waals surface area (Å²) in [5.74, 6) is -3.15. The average molecular weight is 286 g/mol. The Balaban J connectivity index is 3.00. The average Bonchev–Trinajstić information content (AvgIpc) is 2.28. The Morgan fingerprint density at radius 2 is 1.95 bits per heavy atom. The number of hydrogen-bond donors (Lipinski definition) is 2. The molecule has 5 nitrogen and oxygen atoms in total. The van der Waals surface area contributed by atoms with Crippen LogP contribution in [0.2, 0.25) is 0 Å². The third-order valence-corrected chi connectivity index (χ3v) is 2.12. The zero-order chi connectivity index (χ0) is 14.8. The molecule has 0 aromatic heterocycles. The van der Waals surface area contributed by atoms with Crippen LogP contribution in [0, 0.1) is 21.7 Å². The predicted octanol–water partition coefficient (Wildman–Crippen LogP) is 2.21. The number of nitro groups is 1. The maximum absolute atomic E-state index is 13.3. The molecular formula is C9H7F5N2O3. The Morgan fingerprint density at radius 3 is 2.42 bits per heavy atom. The first kappa shape index (κ1) is 15.1. The molecule has 10 heteroatoms. The first-order valence-corrected chi connectivity index (χ1v) is 4.75. The van der Waals surface area contributed by atoms with E-state index in [9.17, 15) is 32.1 Å². The van der Waals surface area contributed by atoms with Gasteiger partial charge in [-0.05, 0) is 6.07 Å². The third kappa shape index (κ3) is 3.50. The van der Waals surface area contributed by atoms with Gasteiger partial charge in [-0.1, -0.05) is 0 Å². The molecule has 1 atom stereocenters. The van der Waals surface area contributed by atoms with Crippen LogP contribution in [0.3, 0.4) is 0 Å². The van der Waals surface area contributed by atoms with E-state index in [0.29, 0.717) is 12.1 Å². The Hall–Kier alpha value is -1.97. The van der Waals surface area contributed by atoms with Crippen molar-refractivity contribution < 1.29 is 32.0 Å². The van der Waals surface area contributed by atoms with Gasteiger partial charge in [0.05, 0.1) is 11.5 Å². The second kappa shape index (κ2) is 5.34. The number of nitrogens with zero attached hydrogens (tertiary/aromatic N) is 1. The maximum atomic E-state index is 13.3. The van der Waals surface area contributed by atoms with E-state index in [1.54, 1.807) is 5.32 Å². The van der Waals surface area contributed by atoms with Gasteiger partial charge in [0, 0.05) is 6.07 Å². The first-order chi connectivity index (χ1) is 8.64. The number of alkyl halides is 3. The molecule has 1 rings (SSSR count). The molecule has 0 spiro atoms. The first-order valence-electron chi connectivity index (χ1n) is 4.75. The molecule has 0 fully saturated rings. The standard InChI is InChI=1S/C9H7F5N2O3/c10-4-1-2-5(16(18)19)8(7(4)11)15-3-6(17)9(12,13)14/h1-2,6,15,17H,3H2. The summed E-state index contributed by atoms with van der Waals surface area (Å²) in [5.41, 5.74) is -1.98. The fourth-order valence-corrected chi connectivity index (χ4v) is 1.18. The molecule has 0 saturated carbocycles. The predicted molar refractivity (Wildman–Crippen MR) is 53.6 cm³/mol. The zero-order valence-corrected chi connectivity index (χ0v) is 9.04. The maximum Gasteiger partial charge on any atom is 0.416 e. The highest BCUT2D eigenvalue weighted by atomic mass is 19.4. The number of hydrogen-bond acceptors (Lipinski definition) is 4. The lowest BCUT2D eigenvalue weighted by Gasteiger charge is -2.16. The molecule has 1 unspecified atom stereocenters. The molecule has 0 aliphatic carbocycles. The van der Waals surface area contributed by atoms with Gasteiger partial charge in [0.1, 0.15) is 0 Å². The van der Waals surface area contributed by atoms with Crippen LogP contribution in [0.5, 0.6) is 0 Å². The molecule has 2 N–H and O–H groups in total. The fourth-order valence-electron chi connectivity index (χ4n) is 1.18. The van der Waals surface area contributed by atoms with Crippen LogP contribution in [0.4, 0.5) is 33.3 Å². The van der Waals surface area contributed by atoms with Crippen LogP contribution in [0.15, 0.2) is 12.1 Å². The quantitative estimate of drug-likeness (QED) is 0.505. The number of benzene rings is 1. The second-order valence-electron chi connectivity index (χ2n) is 3.45. The van der Waals surface area contributed by atoms with E-state index < -0.39 is 46.8 Å². The van der Waals surface area contributed by atoms with E-state index in [0.717, 1.165) is 0 Å². The minimum absolute atomic E-state index is 0.471. The van der Waals surface area contributed by atoms with Gasteiger partial charge in [0.15, 0.2) is 23.4 Å². The fraction of sp³-hybridized carbons (Fsp3) is 0.333. The summed E-state index contributed by atoms with van der Waals surface area (Å²) >= 11 is 0. The number of aliphatic hydroxyl groups excluding tert-OH is 1. The molecule has 0 heterocycles. The van der Waals surface area contributed by atoms with Crippen LogP contribution in [-0.4, -0.2) is 28.9 Å². The van der Waals surface area contributed by atoms with Gasteiger partial charge in [-0.25, -0.2) is 8.78 Å². The SMILES string of the molecule is O=[N+]([O-])c1ccc(F)c(F)c1NCC(O)C(F)(F)F. The number of rotatable bonds is 4. The lowest BCUT2D eigenvalue weighted by molar-refractivity contribution is -0.384. The van der Waals surface area contributed by atoms with Crippen molar-refractivity contribution in [3.63, 3.8) is 0 Å². The number of aliphatic hydroxyl groups is 1. The molecule has 0 aliphatic heterocycles. The third-order valence-electron chi connectivity index (χ3n) is 2.12. The van der Waals surface area contributed by atoms with Gasteiger partial charge >= 0.3 is 6.18 Å². The van der Waals surface area contributed by atoms with Crippen molar-refractivity contribution in [1.29, 1.82) is 0 Å². The van der Waals surface area contributed by atoms with Gasteiger partial charge in [-0.2, -0.15) is 13.2 Å². The molecule has 0 saturated heterocycles. The van der Waals surface area contributed by atoms with Gasteiger partial charge in [0.25, 0.3) is 5.69 Å². The summed E-state index contributed by atoms with van der Waals surface area (Å²) < 4.78 is 62.1. The summed E-state index contributed by atoms with van der Waals surface area (Å²) in [6, 6.07) is 1.07. The van der Waals surface area contributed by atoms with E-state index in [2.05, 4.69) is 0 Å². The number of nitrogens with one attached hydrogen (secondary N) is 1. The summed E-state index contributed by atoms with van der Waals surface area (Å²) in [6.07, 6.45) is -7.85. The summed E-state index contributed by atoms with van der Waals surface area (Å²) in [4.78, 5) is 9.43. The smallest absolute Gasteiger partial charge is 0.382 e. The van der Waals surface area contributed by atoms with Crippen molar-refractivity contribution in [3.8, 4) is 0 Å². The molecular weight excluding hydrogens is 279 g/mol. The lowest BCUT2D eigenvalue weighted by atomic mass is 10.2. The van der Waals surface area contributed by atoms with Crippen LogP contribution >= 0.6 is 0 Å². The van der Waals surface area contributed by atoms with E-state index in [1.807, 2.05) is 0 Å². The van der Waals surface area contributed by atoms with Gasteiger partial charge in [-0.3, -0.25) is 10.1 Å². The van der Waals surface area contributed by atoms with Crippen molar-refractivity contribution in [3.05, 3.63) is 33.9 Å². The molecule has 1 aromatic rings. The summed E-state index contributed by atoms with van der Waals surface area (Å²) in [6.45, 7) is -1.25. The number of nitro benzene ring substituents is 1. The highest BCUT2D eigenvalue weighted by Gasteiger charge is 2.38. The van der Waals surface area contributed by atoms with Crippen molar-refractivity contribution in [2.45, 2.75) is 12.3 Å². The highest BCUT2D eigenvalue weighted by Crippen LogP contribution is 2.29. The largest absolute Gasteiger partial charge is 0.416 e.